The van der Waals surface area contributed by atoms with Gasteiger partial charge in [-0.1, -0.05) is 47.0 Å². The molecule has 0 spiro atoms. The van der Waals surface area contributed by atoms with E-state index in [-0.39, 0.29) is 24.8 Å². The number of nitrogens with one attached hydrogen (secondary N) is 1. The smallest absolute Gasteiger partial charge is 0.229 e. The lowest BCUT2D eigenvalue weighted by atomic mass is 10.1. The molecule has 1 saturated heterocycles. The molecule has 1 aliphatic rings. The van der Waals surface area contributed by atoms with Gasteiger partial charge in [0.25, 0.3) is 0 Å². The van der Waals surface area contributed by atoms with Crippen LogP contribution in [0, 0.1) is 12.8 Å². The highest BCUT2D eigenvalue weighted by Gasteiger charge is 2.36. The van der Waals surface area contributed by atoms with Crippen molar-refractivity contribution in [1.29, 1.82) is 0 Å². The standard InChI is InChI=1S/C18H16Cl2N2O2/c1-11-5-7-13(8-6-11)21-18(24)12-9-16(23)22(10-12)15-4-2-3-14(19)17(15)20/h2-8,12H,9-10H2,1H3,(H,21,24)/t12-/m1/s1. The van der Waals surface area contributed by atoms with Crippen LogP contribution >= 0.6 is 23.2 Å². The number of halogens is 2. The maximum atomic E-state index is 12.4. The second-order valence-corrected chi connectivity index (χ2v) is 6.62. The van der Waals surface area contributed by atoms with Crippen LogP contribution in [0.5, 0.6) is 0 Å². The highest BCUT2D eigenvalue weighted by atomic mass is 35.5. The Bertz CT molecular complexity index is 790. The number of aryl methyl sites for hydroxylation is 1. The van der Waals surface area contributed by atoms with Crippen LogP contribution in [-0.2, 0) is 9.59 Å². The average Bonchev–Trinajstić information content (AvgIpc) is 2.94. The van der Waals surface area contributed by atoms with E-state index in [9.17, 15) is 9.59 Å². The Morgan fingerprint density at radius 1 is 1.17 bits per heavy atom. The summed E-state index contributed by atoms with van der Waals surface area (Å²) < 4.78 is 0. The van der Waals surface area contributed by atoms with Crippen molar-refractivity contribution in [1.82, 2.24) is 0 Å². The summed E-state index contributed by atoms with van der Waals surface area (Å²) in [5, 5.41) is 3.56. The summed E-state index contributed by atoms with van der Waals surface area (Å²) in [6.45, 7) is 2.27. The molecule has 0 bridgehead atoms. The van der Waals surface area contributed by atoms with Gasteiger partial charge < -0.3 is 10.2 Å². The van der Waals surface area contributed by atoms with Gasteiger partial charge >= 0.3 is 0 Å². The minimum Gasteiger partial charge on any atom is -0.326 e. The third kappa shape index (κ3) is 3.40. The molecule has 4 nitrogen and oxygen atoms in total. The molecule has 124 valence electrons. The zero-order valence-corrected chi connectivity index (χ0v) is 14.6. The Morgan fingerprint density at radius 2 is 1.88 bits per heavy atom. The minimum atomic E-state index is -0.422. The van der Waals surface area contributed by atoms with Gasteiger partial charge in [-0.15, -0.1) is 0 Å². The van der Waals surface area contributed by atoms with E-state index in [1.807, 2.05) is 31.2 Å². The van der Waals surface area contributed by atoms with Gasteiger partial charge in [0.15, 0.2) is 0 Å². The molecule has 2 amide bonds. The molecular weight excluding hydrogens is 347 g/mol. The minimum absolute atomic E-state index is 0.136. The Hall–Kier alpha value is -2.04. The lowest BCUT2D eigenvalue weighted by Gasteiger charge is -2.18. The van der Waals surface area contributed by atoms with E-state index in [4.69, 9.17) is 23.2 Å². The first-order chi connectivity index (χ1) is 11.5. The Kier molecular flexibility index (Phi) is 4.78. The van der Waals surface area contributed by atoms with Crippen LogP contribution in [-0.4, -0.2) is 18.4 Å². The van der Waals surface area contributed by atoms with Gasteiger partial charge in [-0.25, -0.2) is 0 Å². The summed E-state index contributed by atoms with van der Waals surface area (Å²) >= 11 is 12.2. The fourth-order valence-electron chi connectivity index (χ4n) is 2.70. The van der Waals surface area contributed by atoms with Crippen molar-refractivity contribution in [2.24, 2.45) is 5.92 Å². The van der Waals surface area contributed by atoms with E-state index in [0.29, 0.717) is 15.7 Å². The van der Waals surface area contributed by atoms with Gasteiger partial charge in [0, 0.05) is 18.7 Å². The van der Waals surface area contributed by atoms with Crippen molar-refractivity contribution in [2.45, 2.75) is 13.3 Å². The second-order valence-electron chi connectivity index (χ2n) is 5.83. The van der Waals surface area contributed by atoms with Crippen LogP contribution in [0.3, 0.4) is 0 Å². The van der Waals surface area contributed by atoms with Crippen LogP contribution in [0.15, 0.2) is 42.5 Å². The van der Waals surface area contributed by atoms with E-state index < -0.39 is 5.92 Å². The number of rotatable bonds is 3. The van der Waals surface area contributed by atoms with Gasteiger partial charge in [0.2, 0.25) is 11.8 Å². The summed E-state index contributed by atoms with van der Waals surface area (Å²) in [6, 6.07) is 12.7. The third-order valence-corrected chi connectivity index (χ3v) is 4.85. The lowest BCUT2D eigenvalue weighted by Crippen LogP contribution is -2.28. The molecule has 1 aliphatic heterocycles. The monoisotopic (exact) mass is 362 g/mol. The van der Waals surface area contributed by atoms with Crippen LogP contribution < -0.4 is 10.2 Å². The fourth-order valence-corrected chi connectivity index (χ4v) is 3.10. The molecule has 2 aromatic rings. The maximum absolute atomic E-state index is 12.4. The normalized spacial score (nSPS) is 17.2. The Morgan fingerprint density at radius 3 is 2.58 bits per heavy atom. The summed E-state index contributed by atoms with van der Waals surface area (Å²) in [7, 11) is 0. The number of hydrogen-bond donors (Lipinski definition) is 1. The molecule has 0 saturated carbocycles. The highest BCUT2D eigenvalue weighted by molar-refractivity contribution is 6.44. The first-order valence-corrected chi connectivity index (χ1v) is 8.33. The molecule has 2 aromatic carbocycles. The summed E-state index contributed by atoms with van der Waals surface area (Å²) in [4.78, 5) is 26.2. The molecule has 3 rings (SSSR count). The van der Waals surface area contributed by atoms with Crippen LogP contribution in [0.4, 0.5) is 11.4 Å². The topological polar surface area (TPSA) is 49.4 Å². The molecule has 24 heavy (non-hydrogen) atoms. The van der Waals surface area contributed by atoms with E-state index in [1.54, 1.807) is 18.2 Å². The molecule has 0 aliphatic carbocycles. The zero-order valence-electron chi connectivity index (χ0n) is 13.1. The number of benzene rings is 2. The predicted molar refractivity (Wildman–Crippen MR) is 96.7 cm³/mol. The van der Waals surface area contributed by atoms with Gasteiger partial charge in [0.05, 0.1) is 21.7 Å². The third-order valence-electron chi connectivity index (χ3n) is 4.04. The van der Waals surface area contributed by atoms with Crippen molar-refractivity contribution in [3.8, 4) is 0 Å². The van der Waals surface area contributed by atoms with Crippen molar-refractivity contribution in [3.05, 3.63) is 58.1 Å². The van der Waals surface area contributed by atoms with Gasteiger partial charge in [-0.2, -0.15) is 0 Å². The molecule has 1 N–H and O–H groups in total. The Labute approximate surface area is 150 Å². The molecule has 1 heterocycles. The number of hydrogen-bond acceptors (Lipinski definition) is 2. The van der Waals surface area contributed by atoms with Crippen molar-refractivity contribution in [2.75, 3.05) is 16.8 Å². The van der Waals surface area contributed by atoms with Crippen molar-refractivity contribution >= 4 is 46.4 Å². The SMILES string of the molecule is Cc1ccc(NC(=O)[C@@H]2CC(=O)N(c3cccc(Cl)c3Cl)C2)cc1. The first-order valence-electron chi connectivity index (χ1n) is 7.57. The molecule has 0 aromatic heterocycles. The van der Waals surface area contributed by atoms with E-state index in [1.165, 1.54) is 4.90 Å². The van der Waals surface area contributed by atoms with E-state index >= 15 is 0 Å². The van der Waals surface area contributed by atoms with Gasteiger partial charge in [-0.05, 0) is 31.2 Å². The summed E-state index contributed by atoms with van der Waals surface area (Å²) in [5.41, 5.74) is 2.38. The fraction of sp³-hybridized carbons (Fsp3) is 0.222. The number of carbonyl (C=O) groups excluding carboxylic acids is 2. The van der Waals surface area contributed by atoms with Crippen LogP contribution in [0.2, 0.25) is 10.0 Å². The molecule has 0 radical (unpaired) electrons. The number of amides is 2. The van der Waals surface area contributed by atoms with Crippen LogP contribution in [0.25, 0.3) is 0 Å². The number of nitrogens with zero attached hydrogens (tertiary/aromatic N) is 1. The van der Waals surface area contributed by atoms with Crippen molar-refractivity contribution < 1.29 is 9.59 Å². The zero-order chi connectivity index (χ0) is 17.3. The first kappa shape index (κ1) is 16.8. The predicted octanol–water partition coefficient (Wildman–Crippen LogP) is 4.29. The Balaban J connectivity index is 1.73. The summed E-state index contributed by atoms with van der Waals surface area (Å²) in [5.74, 6) is -0.732. The molecular formula is C18H16Cl2N2O2. The molecule has 1 fully saturated rings. The quantitative estimate of drug-likeness (QED) is 0.884. The largest absolute Gasteiger partial charge is 0.326 e. The molecule has 0 unspecified atom stereocenters. The van der Waals surface area contributed by atoms with E-state index in [2.05, 4.69) is 5.32 Å². The molecule has 6 heteroatoms. The lowest BCUT2D eigenvalue weighted by molar-refractivity contribution is -0.122. The number of carbonyl (C=O) groups is 2. The maximum Gasteiger partial charge on any atom is 0.229 e. The van der Waals surface area contributed by atoms with Gasteiger partial charge in [0.1, 0.15) is 0 Å². The highest BCUT2D eigenvalue weighted by Crippen LogP contribution is 2.35. The summed E-state index contributed by atoms with van der Waals surface area (Å²) in [6.07, 6.45) is 0.153. The number of anilines is 2. The van der Waals surface area contributed by atoms with Gasteiger partial charge in [-0.3, -0.25) is 9.59 Å². The second kappa shape index (κ2) is 6.83. The average molecular weight is 363 g/mol. The van der Waals surface area contributed by atoms with E-state index in [0.717, 1.165) is 11.3 Å². The van der Waals surface area contributed by atoms with Crippen LogP contribution in [0.1, 0.15) is 12.0 Å². The molecule has 1 atom stereocenters. The van der Waals surface area contributed by atoms with Crippen molar-refractivity contribution in [3.63, 3.8) is 0 Å².